The molecule has 0 saturated carbocycles. The second kappa shape index (κ2) is 4.77. The number of nitrogens with zero attached hydrogens (tertiary/aromatic N) is 2. The highest BCUT2D eigenvalue weighted by Gasteiger charge is 2.36. The van der Waals surface area contributed by atoms with Crippen LogP contribution in [0.25, 0.3) is 0 Å². The van der Waals surface area contributed by atoms with Crippen LogP contribution in [0.5, 0.6) is 5.75 Å². The molecule has 5 nitrogen and oxygen atoms in total. The summed E-state index contributed by atoms with van der Waals surface area (Å²) in [5.74, 6) is 0.0355. The predicted molar refractivity (Wildman–Crippen MR) is 73.0 cm³/mol. The Bertz CT molecular complexity index is 645. The Balaban J connectivity index is 1.96. The highest BCUT2D eigenvalue weighted by molar-refractivity contribution is 6.34. The summed E-state index contributed by atoms with van der Waals surface area (Å²) >= 11 is 0. The molecule has 1 aliphatic heterocycles. The maximum Gasteiger partial charge on any atom is 0.267 e. The fraction of sp³-hybridized carbons (Fsp3) is 0.133. The first-order valence-electron chi connectivity index (χ1n) is 6.28. The molecule has 5 heteroatoms. The molecule has 2 heterocycles. The Kier molecular flexibility index (Phi) is 2.95. The van der Waals surface area contributed by atoms with E-state index < -0.39 is 0 Å². The molecule has 1 aromatic heterocycles. The van der Waals surface area contributed by atoms with Crippen LogP contribution in [0.2, 0.25) is 0 Å². The lowest BCUT2D eigenvalue weighted by Crippen LogP contribution is -2.29. The van der Waals surface area contributed by atoms with Crippen LogP contribution in [0, 0.1) is 0 Å². The van der Waals surface area contributed by atoms with Gasteiger partial charge in [-0.2, -0.15) is 0 Å². The maximum atomic E-state index is 12.3. The smallest absolute Gasteiger partial charge is 0.267 e. The van der Waals surface area contributed by atoms with E-state index in [0.29, 0.717) is 29.2 Å². The molecule has 0 aliphatic carbocycles. The van der Waals surface area contributed by atoms with Crippen LogP contribution in [-0.4, -0.2) is 23.4 Å². The van der Waals surface area contributed by atoms with Crippen LogP contribution < -0.4 is 9.64 Å². The molecule has 1 aromatic carbocycles. The van der Waals surface area contributed by atoms with Crippen molar-refractivity contribution in [3.05, 3.63) is 53.9 Å². The molecule has 0 atom stereocenters. The summed E-state index contributed by atoms with van der Waals surface area (Å²) in [5.41, 5.74) is 1.25. The number of amides is 2. The number of ether oxygens (including phenoxy) is 1. The third-order valence-corrected chi connectivity index (χ3v) is 3.09. The Labute approximate surface area is 115 Å². The van der Waals surface area contributed by atoms with Gasteiger partial charge in [-0.15, -0.1) is 0 Å². The molecule has 0 saturated heterocycles. The molecule has 0 radical (unpaired) electrons. The first kappa shape index (κ1) is 12.3. The lowest BCUT2D eigenvalue weighted by atomic mass is 10.2. The van der Waals surface area contributed by atoms with Gasteiger partial charge in [-0.3, -0.25) is 14.6 Å². The molecule has 2 amide bonds. The SMILES string of the molecule is CCOc1ccc(N2C(=O)c3ccncc3C2=O)cc1. The lowest BCUT2D eigenvalue weighted by Gasteiger charge is -2.14. The molecule has 100 valence electrons. The van der Waals surface area contributed by atoms with Crippen molar-refractivity contribution in [3.63, 3.8) is 0 Å². The average molecular weight is 268 g/mol. The molecule has 0 N–H and O–H groups in total. The van der Waals surface area contributed by atoms with E-state index in [-0.39, 0.29) is 11.8 Å². The van der Waals surface area contributed by atoms with E-state index >= 15 is 0 Å². The van der Waals surface area contributed by atoms with Crippen LogP contribution in [0.1, 0.15) is 27.6 Å². The summed E-state index contributed by atoms with van der Waals surface area (Å²) in [6, 6.07) is 8.42. The van der Waals surface area contributed by atoms with Gasteiger partial charge in [-0.05, 0) is 37.3 Å². The Hall–Kier alpha value is -2.69. The molecule has 2 aromatic rings. The second-order valence-electron chi connectivity index (χ2n) is 4.29. The number of aromatic nitrogens is 1. The van der Waals surface area contributed by atoms with Gasteiger partial charge in [-0.1, -0.05) is 0 Å². The molecule has 1 aliphatic rings. The minimum atomic E-state index is -0.345. The zero-order chi connectivity index (χ0) is 14.1. The number of rotatable bonds is 3. The van der Waals surface area contributed by atoms with Crippen LogP contribution in [0.4, 0.5) is 5.69 Å². The van der Waals surface area contributed by atoms with Gasteiger partial charge in [0.15, 0.2) is 0 Å². The van der Waals surface area contributed by atoms with Crippen LogP contribution in [0.15, 0.2) is 42.7 Å². The zero-order valence-corrected chi connectivity index (χ0v) is 10.9. The van der Waals surface area contributed by atoms with E-state index in [9.17, 15) is 9.59 Å². The van der Waals surface area contributed by atoms with Gasteiger partial charge >= 0.3 is 0 Å². The van der Waals surface area contributed by atoms with Crippen LogP contribution >= 0.6 is 0 Å². The number of pyridine rings is 1. The molecule has 0 bridgehead atoms. The van der Waals surface area contributed by atoms with Crippen molar-refractivity contribution < 1.29 is 14.3 Å². The van der Waals surface area contributed by atoms with E-state index in [0.717, 1.165) is 4.90 Å². The van der Waals surface area contributed by atoms with Crippen LogP contribution in [-0.2, 0) is 0 Å². The fourth-order valence-corrected chi connectivity index (χ4v) is 2.18. The number of anilines is 1. The van der Waals surface area contributed by atoms with Gasteiger partial charge < -0.3 is 4.74 Å². The van der Waals surface area contributed by atoms with Crippen molar-refractivity contribution >= 4 is 17.5 Å². The molecule has 0 unspecified atom stereocenters. The normalized spacial score (nSPS) is 13.6. The highest BCUT2D eigenvalue weighted by atomic mass is 16.5. The summed E-state index contributed by atoms with van der Waals surface area (Å²) in [7, 11) is 0. The standard InChI is InChI=1S/C15H12N2O3/c1-2-20-11-5-3-10(4-6-11)17-14(18)12-7-8-16-9-13(12)15(17)19/h3-9H,2H2,1H3. The fourth-order valence-electron chi connectivity index (χ4n) is 2.18. The molecular weight excluding hydrogens is 256 g/mol. The number of hydrogen-bond donors (Lipinski definition) is 0. The van der Waals surface area contributed by atoms with Crippen LogP contribution in [0.3, 0.4) is 0 Å². The van der Waals surface area contributed by atoms with Gasteiger partial charge in [0.25, 0.3) is 11.8 Å². The van der Waals surface area contributed by atoms with Gasteiger partial charge in [0.2, 0.25) is 0 Å². The number of hydrogen-bond acceptors (Lipinski definition) is 4. The first-order chi connectivity index (χ1) is 9.72. The number of benzene rings is 1. The molecular formula is C15H12N2O3. The highest BCUT2D eigenvalue weighted by Crippen LogP contribution is 2.28. The van der Waals surface area contributed by atoms with Crippen molar-refractivity contribution in [1.82, 2.24) is 4.98 Å². The van der Waals surface area contributed by atoms with E-state index in [1.807, 2.05) is 6.92 Å². The van der Waals surface area contributed by atoms with Crippen molar-refractivity contribution in [3.8, 4) is 5.75 Å². The predicted octanol–water partition coefficient (Wildman–Crippen LogP) is 2.28. The summed E-state index contributed by atoms with van der Waals surface area (Å²) in [6.07, 6.45) is 2.93. The lowest BCUT2D eigenvalue weighted by molar-refractivity contribution is 0.0926. The summed E-state index contributed by atoms with van der Waals surface area (Å²) in [6.45, 7) is 2.46. The van der Waals surface area contributed by atoms with Crippen molar-refractivity contribution in [2.75, 3.05) is 11.5 Å². The largest absolute Gasteiger partial charge is 0.494 e. The number of imide groups is 1. The van der Waals surface area contributed by atoms with E-state index in [1.54, 1.807) is 30.3 Å². The van der Waals surface area contributed by atoms with Gasteiger partial charge in [0.1, 0.15) is 5.75 Å². The Morgan fingerprint density at radius 1 is 1.05 bits per heavy atom. The van der Waals surface area contributed by atoms with E-state index in [2.05, 4.69) is 4.98 Å². The minimum absolute atomic E-state index is 0.323. The van der Waals surface area contributed by atoms with Crippen molar-refractivity contribution in [2.45, 2.75) is 6.92 Å². The zero-order valence-electron chi connectivity index (χ0n) is 10.9. The monoisotopic (exact) mass is 268 g/mol. The Morgan fingerprint density at radius 3 is 2.40 bits per heavy atom. The molecule has 0 spiro atoms. The molecule has 0 fully saturated rings. The number of carbonyl (C=O) groups excluding carboxylic acids is 2. The van der Waals surface area contributed by atoms with Gasteiger partial charge in [-0.25, -0.2) is 4.90 Å². The molecule has 20 heavy (non-hydrogen) atoms. The topological polar surface area (TPSA) is 59.5 Å². The van der Waals surface area contributed by atoms with E-state index in [1.165, 1.54) is 12.4 Å². The summed E-state index contributed by atoms with van der Waals surface area (Å²) in [5, 5.41) is 0. The third-order valence-electron chi connectivity index (χ3n) is 3.09. The minimum Gasteiger partial charge on any atom is -0.494 e. The average Bonchev–Trinajstić information content (AvgIpc) is 2.73. The second-order valence-corrected chi connectivity index (χ2v) is 4.29. The summed E-state index contributed by atoms with van der Waals surface area (Å²) in [4.78, 5) is 29.6. The quantitative estimate of drug-likeness (QED) is 0.801. The Morgan fingerprint density at radius 2 is 1.75 bits per heavy atom. The number of carbonyl (C=O) groups is 2. The van der Waals surface area contributed by atoms with Crippen molar-refractivity contribution in [1.29, 1.82) is 0 Å². The summed E-state index contributed by atoms with van der Waals surface area (Å²) < 4.78 is 5.34. The third kappa shape index (κ3) is 1.84. The van der Waals surface area contributed by atoms with E-state index in [4.69, 9.17) is 4.74 Å². The maximum absolute atomic E-state index is 12.3. The first-order valence-corrected chi connectivity index (χ1v) is 6.28. The van der Waals surface area contributed by atoms with Gasteiger partial charge in [0.05, 0.1) is 23.4 Å². The molecule has 3 rings (SSSR count). The number of fused-ring (bicyclic) bond motifs is 1. The van der Waals surface area contributed by atoms with Gasteiger partial charge in [0, 0.05) is 12.4 Å². The van der Waals surface area contributed by atoms with Crippen molar-refractivity contribution in [2.24, 2.45) is 0 Å².